The van der Waals surface area contributed by atoms with Gasteiger partial charge in [-0.05, 0) is 26.0 Å². The zero-order valence-electron chi connectivity index (χ0n) is 14.4. The fourth-order valence-corrected chi connectivity index (χ4v) is 2.41. The van der Waals surface area contributed by atoms with Crippen LogP contribution in [0.1, 0.15) is 42.2 Å². The van der Waals surface area contributed by atoms with Gasteiger partial charge in [0.1, 0.15) is 0 Å². The smallest absolute Gasteiger partial charge is 0.308 e. The fourth-order valence-electron chi connectivity index (χ4n) is 2.41. The number of ether oxygens (including phenoxy) is 1. The van der Waals surface area contributed by atoms with Crippen molar-refractivity contribution in [2.45, 2.75) is 32.4 Å². The first-order valence-electron chi connectivity index (χ1n) is 8.02. The Morgan fingerprint density at radius 3 is 2.46 bits per heavy atom. The van der Waals surface area contributed by atoms with E-state index in [9.17, 15) is 19.7 Å². The standard InChI is InChI=1S/C18H19N3O5/c1-12(2)26-17(22)11-15(14-5-3-4-6-16(14)21(24)25)20-18(23)13-7-9-19-10-8-13/h3-10,12,15H,11H2,1-2H3,(H,20,23). The number of esters is 1. The number of aromatic nitrogens is 1. The third-order valence-corrected chi connectivity index (χ3v) is 3.49. The molecule has 1 heterocycles. The first kappa shape index (κ1) is 19.0. The van der Waals surface area contributed by atoms with Crippen LogP contribution in [0.25, 0.3) is 0 Å². The van der Waals surface area contributed by atoms with Gasteiger partial charge < -0.3 is 10.1 Å². The number of carbonyl (C=O) groups is 2. The average Bonchev–Trinajstić information content (AvgIpc) is 2.61. The van der Waals surface area contributed by atoms with Crippen LogP contribution in [0.5, 0.6) is 0 Å². The Bertz CT molecular complexity index is 792. The molecule has 0 saturated heterocycles. The Morgan fingerprint density at radius 2 is 1.85 bits per heavy atom. The second-order valence-corrected chi connectivity index (χ2v) is 5.82. The molecule has 0 spiro atoms. The lowest BCUT2D eigenvalue weighted by molar-refractivity contribution is -0.385. The molecule has 1 aromatic carbocycles. The Labute approximate surface area is 150 Å². The van der Waals surface area contributed by atoms with Crippen LogP contribution in [0, 0.1) is 10.1 Å². The average molecular weight is 357 g/mol. The first-order valence-corrected chi connectivity index (χ1v) is 8.02. The van der Waals surface area contributed by atoms with E-state index in [1.165, 1.54) is 42.7 Å². The second-order valence-electron chi connectivity index (χ2n) is 5.82. The van der Waals surface area contributed by atoms with Gasteiger partial charge in [-0.1, -0.05) is 18.2 Å². The molecule has 0 aliphatic rings. The molecule has 26 heavy (non-hydrogen) atoms. The molecule has 2 rings (SSSR count). The molecule has 2 aromatic rings. The summed E-state index contributed by atoms with van der Waals surface area (Å²) >= 11 is 0. The van der Waals surface area contributed by atoms with Gasteiger partial charge in [-0.15, -0.1) is 0 Å². The van der Waals surface area contributed by atoms with Crippen molar-refractivity contribution in [1.29, 1.82) is 0 Å². The minimum atomic E-state index is -0.900. The van der Waals surface area contributed by atoms with E-state index in [0.717, 1.165) is 0 Å². The Morgan fingerprint density at radius 1 is 1.19 bits per heavy atom. The maximum atomic E-state index is 12.5. The number of nitrogens with one attached hydrogen (secondary N) is 1. The predicted octanol–water partition coefficient (Wildman–Crippen LogP) is 2.80. The lowest BCUT2D eigenvalue weighted by Gasteiger charge is -2.19. The highest BCUT2D eigenvalue weighted by Crippen LogP contribution is 2.27. The molecule has 0 aliphatic carbocycles. The van der Waals surface area contributed by atoms with Gasteiger partial charge in [-0.2, -0.15) is 0 Å². The quantitative estimate of drug-likeness (QED) is 0.463. The number of para-hydroxylation sites is 1. The molecule has 8 nitrogen and oxygen atoms in total. The fraction of sp³-hybridized carbons (Fsp3) is 0.278. The zero-order valence-corrected chi connectivity index (χ0v) is 14.4. The number of rotatable bonds is 7. The number of nitro groups is 1. The van der Waals surface area contributed by atoms with Gasteiger partial charge in [-0.3, -0.25) is 24.7 Å². The van der Waals surface area contributed by atoms with E-state index in [0.29, 0.717) is 5.56 Å². The van der Waals surface area contributed by atoms with Gasteiger partial charge in [0.15, 0.2) is 0 Å². The van der Waals surface area contributed by atoms with Crippen LogP contribution in [0.15, 0.2) is 48.8 Å². The summed E-state index contributed by atoms with van der Waals surface area (Å²) in [5, 5.41) is 14.0. The third-order valence-electron chi connectivity index (χ3n) is 3.49. The summed E-state index contributed by atoms with van der Waals surface area (Å²) < 4.78 is 5.12. The Kier molecular flexibility index (Phi) is 6.37. The number of carbonyl (C=O) groups excluding carboxylic acids is 2. The molecule has 1 N–H and O–H groups in total. The molecule has 0 radical (unpaired) electrons. The van der Waals surface area contributed by atoms with Crippen molar-refractivity contribution < 1.29 is 19.2 Å². The SMILES string of the molecule is CC(C)OC(=O)CC(NC(=O)c1ccncc1)c1ccccc1[N+](=O)[O-]. The number of amides is 1. The maximum Gasteiger partial charge on any atom is 0.308 e. The van der Waals surface area contributed by atoms with Crippen molar-refractivity contribution in [3.05, 3.63) is 70.0 Å². The van der Waals surface area contributed by atoms with E-state index in [-0.39, 0.29) is 23.8 Å². The van der Waals surface area contributed by atoms with Crippen molar-refractivity contribution in [3.63, 3.8) is 0 Å². The predicted molar refractivity (Wildman–Crippen MR) is 93.4 cm³/mol. The largest absolute Gasteiger partial charge is 0.463 e. The molecule has 8 heteroatoms. The molecular weight excluding hydrogens is 338 g/mol. The molecule has 136 valence electrons. The summed E-state index contributed by atoms with van der Waals surface area (Å²) in [7, 11) is 0. The van der Waals surface area contributed by atoms with Crippen molar-refractivity contribution in [1.82, 2.24) is 10.3 Å². The van der Waals surface area contributed by atoms with Crippen LogP contribution in [0.3, 0.4) is 0 Å². The van der Waals surface area contributed by atoms with Crippen molar-refractivity contribution >= 4 is 17.6 Å². The van der Waals surface area contributed by atoms with Gasteiger partial charge in [0.25, 0.3) is 11.6 Å². The van der Waals surface area contributed by atoms with Gasteiger partial charge in [0.05, 0.1) is 29.1 Å². The van der Waals surface area contributed by atoms with Crippen LogP contribution in [-0.2, 0) is 9.53 Å². The van der Waals surface area contributed by atoms with Gasteiger partial charge in [0, 0.05) is 24.0 Å². The van der Waals surface area contributed by atoms with Gasteiger partial charge in [0.2, 0.25) is 0 Å². The molecule has 1 atom stereocenters. The number of nitro benzene ring substituents is 1. The van der Waals surface area contributed by atoms with Gasteiger partial charge in [-0.25, -0.2) is 0 Å². The van der Waals surface area contributed by atoms with Crippen molar-refractivity contribution in [2.24, 2.45) is 0 Å². The summed E-state index contributed by atoms with van der Waals surface area (Å²) in [5.74, 6) is -1.02. The van der Waals surface area contributed by atoms with Crippen molar-refractivity contribution in [2.75, 3.05) is 0 Å². The lowest BCUT2D eigenvalue weighted by atomic mass is 10.0. The van der Waals surface area contributed by atoms with Crippen LogP contribution in [-0.4, -0.2) is 27.9 Å². The van der Waals surface area contributed by atoms with E-state index in [1.807, 2.05) is 0 Å². The van der Waals surface area contributed by atoms with E-state index in [1.54, 1.807) is 19.9 Å². The van der Waals surface area contributed by atoms with E-state index >= 15 is 0 Å². The molecule has 0 bridgehead atoms. The van der Waals surface area contributed by atoms with Crippen LogP contribution in [0.4, 0.5) is 5.69 Å². The number of hydrogen-bond acceptors (Lipinski definition) is 6. The van der Waals surface area contributed by atoms with E-state index < -0.39 is 22.8 Å². The zero-order chi connectivity index (χ0) is 19.1. The van der Waals surface area contributed by atoms with Crippen LogP contribution < -0.4 is 5.32 Å². The van der Waals surface area contributed by atoms with E-state index in [2.05, 4.69) is 10.3 Å². The summed E-state index contributed by atoms with van der Waals surface area (Å²) in [6.07, 6.45) is 2.37. The molecule has 0 saturated carbocycles. The highest BCUT2D eigenvalue weighted by atomic mass is 16.6. The summed E-state index contributed by atoms with van der Waals surface area (Å²) in [4.78, 5) is 39.1. The van der Waals surface area contributed by atoms with Crippen molar-refractivity contribution in [3.8, 4) is 0 Å². The molecule has 1 aromatic heterocycles. The Balaban J connectivity index is 2.32. The number of pyridine rings is 1. The number of nitrogens with zero attached hydrogens (tertiary/aromatic N) is 2. The first-order chi connectivity index (χ1) is 12.4. The number of benzene rings is 1. The minimum absolute atomic E-state index is 0.176. The lowest BCUT2D eigenvalue weighted by Crippen LogP contribution is -2.31. The highest BCUT2D eigenvalue weighted by Gasteiger charge is 2.26. The molecule has 1 unspecified atom stereocenters. The summed E-state index contributed by atoms with van der Waals surface area (Å²) in [6.45, 7) is 3.40. The monoisotopic (exact) mass is 357 g/mol. The topological polar surface area (TPSA) is 111 Å². The summed E-state index contributed by atoms with van der Waals surface area (Å²) in [6, 6.07) is 8.10. The van der Waals surface area contributed by atoms with Gasteiger partial charge >= 0.3 is 5.97 Å². The third kappa shape index (κ3) is 5.10. The normalized spacial score (nSPS) is 11.7. The Hall–Kier alpha value is -3.29. The molecule has 0 aliphatic heterocycles. The number of hydrogen-bond donors (Lipinski definition) is 1. The summed E-state index contributed by atoms with van der Waals surface area (Å²) in [5.41, 5.74) is 0.395. The van der Waals surface area contributed by atoms with Crippen LogP contribution >= 0.6 is 0 Å². The molecule has 0 fully saturated rings. The minimum Gasteiger partial charge on any atom is -0.463 e. The second kappa shape index (κ2) is 8.70. The molecule has 1 amide bonds. The van der Waals surface area contributed by atoms with E-state index in [4.69, 9.17) is 4.74 Å². The molecular formula is C18H19N3O5. The van der Waals surface area contributed by atoms with Crippen LogP contribution in [0.2, 0.25) is 0 Å². The maximum absolute atomic E-state index is 12.5. The highest BCUT2D eigenvalue weighted by molar-refractivity contribution is 5.94.